The van der Waals surface area contributed by atoms with Crippen LogP contribution in [0.2, 0.25) is 0 Å². The fraction of sp³-hybridized carbons (Fsp3) is 0.333. The van der Waals surface area contributed by atoms with Gasteiger partial charge in [0.2, 0.25) is 5.88 Å². The number of carbonyl (C=O) groups is 1. The Labute approximate surface area is 76.5 Å². The summed E-state index contributed by atoms with van der Waals surface area (Å²) < 4.78 is 9.62. The van der Waals surface area contributed by atoms with Gasteiger partial charge in [0.1, 0.15) is 0 Å². The Kier molecular flexibility index (Phi) is 3.92. The maximum absolute atomic E-state index is 11.0. The van der Waals surface area contributed by atoms with E-state index in [1.165, 1.54) is 7.11 Å². The second kappa shape index (κ2) is 5.27. The summed E-state index contributed by atoms with van der Waals surface area (Å²) in [5.41, 5.74) is 0. The summed E-state index contributed by atoms with van der Waals surface area (Å²) in [6, 6.07) is 5.14. The Bertz CT molecular complexity index is 261. The van der Waals surface area contributed by atoms with E-state index >= 15 is 0 Å². The van der Waals surface area contributed by atoms with E-state index < -0.39 is 0 Å². The van der Waals surface area contributed by atoms with Crippen molar-refractivity contribution < 1.29 is 14.3 Å². The summed E-state index contributed by atoms with van der Waals surface area (Å²) in [7, 11) is 1.54. The van der Waals surface area contributed by atoms with Crippen LogP contribution in [0.3, 0.4) is 0 Å². The highest BCUT2D eigenvalue weighted by molar-refractivity contribution is 5.71. The van der Waals surface area contributed by atoms with Crippen LogP contribution in [0.25, 0.3) is 0 Å². The van der Waals surface area contributed by atoms with E-state index in [0.717, 1.165) is 0 Å². The summed E-state index contributed by atoms with van der Waals surface area (Å²) in [5.74, 6) is -0.0100. The normalized spacial score (nSPS) is 9.62. The first-order valence-corrected chi connectivity index (χ1v) is 3.93. The van der Waals surface area contributed by atoms with Crippen molar-refractivity contribution in [3.8, 4) is 5.88 Å². The lowest BCUT2D eigenvalue weighted by Crippen LogP contribution is -2.11. The van der Waals surface area contributed by atoms with Gasteiger partial charge in [-0.15, -0.1) is 0 Å². The monoisotopic (exact) mass is 181 g/mol. The van der Waals surface area contributed by atoms with E-state index in [-0.39, 0.29) is 12.4 Å². The van der Waals surface area contributed by atoms with Crippen molar-refractivity contribution in [2.24, 2.45) is 0 Å². The van der Waals surface area contributed by atoms with Crippen LogP contribution in [0, 0.1) is 0 Å². The molecule has 0 fully saturated rings. The van der Waals surface area contributed by atoms with Crippen molar-refractivity contribution >= 4 is 5.97 Å². The second-order valence-electron chi connectivity index (χ2n) is 2.38. The molecule has 1 heterocycles. The van der Waals surface area contributed by atoms with Crippen LogP contribution in [-0.2, 0) is 9.53 Å². The summed E-state index contributed by atoms with van der Waals surface area (Å²) in [4.78, 5) is 14.9. The molecule has 4 heteroatoms. The third-order valence-corrected chi connectivity index (χ3v) is 1.37. The minimum Gasteiger partial charge on any atom is -0.407 e. The predicted molar refractivity (Wildman–Crippen MR) is 46.4 cm³/mol. The maximum Gasteiger partial charge on any atom is 0.314 e. The molecule has 0 aliphatic rings. The minimum absolute atomic E-state index is 0.243. The van der Waals surface area contributed by atoms with Gasteiger partial charge in [-0.3, -0.25) is 4.79 Å². The van der Waals surface area contributed by atoms with Gasteiger partial charge in [-0.05, 0) is 6.07 Å². The molecule has 0 atom stereocenters. The predicted octanol–water partition coefficient (Wildman–Crippen LogP) is 1.02. The summed E-state index contributed by atoms with van der Waals surface area (Å²) in [5, 5.41) is 0. The number of rotatable bonds is 4. The molecule has 0 amide bonds. The molecule has 70 valence electrons. The number of esters is 1. The number of ether oxygens (including phenoxy) is 2. The van der Waals surface area contributed by atoms with E-state index in [9.17, 15) is 4.79 Å². The van der Waals surface area contributed by atoms with Crippen LogP contribution >= 0.6 is 0 Å². The molecule has 0 unspecified atom stereocenters. The van der Waals surface area contributed by atoms with Gasteiger partial charge in [0.25, 0.3) is 0 Å². The van der Waals surface area contributed by atoms with E-state index in [4.69, 9.17) is 9.47 Å². The molecule has 0 spiro atoms. The third kappa shape index (κ3) is 3.66. The second-order valence-corrected chi connectivity index (χ2v) is 2.38. The van der Waals surface area contributed by atoms with Gasteiger partial charge < -0.3 is 9.47 Å². The maximum atomic E-state index is 11.0. The number of carbonyl (C=O) groups excluding carboxylic acids is 1. The Morgan fingerprint density at radius 2 is 2.38 bits per heavy atom. The lowest BCUT2D eigenvalue weighted by molar-refractivity contribution is -0.135. The summed E-state index contributed by atoms with van der Waals surface area (Å²) in [6.07, 6.45) is 1.81. The van der Waals surface area contributed by atoms with Crippen molar-refractivity contribution in [2.45, 2.75) is 6.42 Å². The SMILES string of the molecule is COCCC(=O)Oc1ccccn1. The summed E-state index contributed by atoms with van der Waals surface area (Å²) in [6.45, 7) is 0.367. The topological polar surface area (TPSA) is 48.4 Å². The van der Waals surface area contributed by atoms with Crippen molar-refractivity contribution in [3.05, 3.63) is 24.4 Å². The molecule has 0 aliphatic carbocycles. The van der Waals surface area contributed by atoms with Crippen LogP contribution in [0.5, 0.6) is 5.88 Å². The van der Waals surface area contributed by atoms with E-state index in [1.54, 1.807) is 24.4 Å². The molecule has 0 radical (unpaired) electrons. The van der Waals surface area contributed by atoms with Crippen LogP contribution < -0.4 is 4.74 Å². The third-order valence-electron chi connectivity index (χ3n) is 1.37. The molecule has 1 aromatic rings. The van der Waals surface area contributed by atoms with Crippen LogP contribution in [0.1, 0.15) is 6.42 Å². The minimum atomic E-state index is -0.333. The van der Waals surface area contributed by atoms with Gasteiger partial charge >= 0.3 is 5.97 Å². The molecule has 0 saturated carbocycles. The Morgan fingerprint density at radius 3 is 3.00 bits per heavy atom. The molecule has 0 N–H and O–H groups in total. The highest BCUT2D eigenvalue weighted by atomic mass is 16.5. The molecular weight excluding hydrogens is 170 g/mol. The van der Waals surface area contributed by atoms with Gasteiger partial charge in [-0.25, -0.2) is 4.98 Å². The number of aromatic nitrogens is 1. The fourth-order valence-corrected chi connectivity index (χ4v) is 0.761. The molecule has 0 aromatic carbocycles. The first-order valence-electron chi connectivity index (χ1n) is 3.93. The standard InChI is InChI=1S/C9H11NO3/c1-12-7-5-9(11)13-8-4-2-3-6-10-8/h2-4,6H,5,7H2,1H3. The van der Waals surface area contributed by atoms with Crippen LogP contribution in [-0.4, -0.2) is 24.7 Å². The zero-order valence-electron chi connectivity index (χ0n) is 7.40. The first-order chi connectivity index (χ1) is 6.33. The Hall–Kier alpha value is -1.42. The van der Waals surface area contributed by atoms with E-state index in [0.29, 0.717) is 12.5 Å². The average molecular weight is 181 g/mol. The van der Waals surface area contributed by atoms with Crippen molar-refractivity contribution in [1.29, 1.82) is 0 Å². The lowest BCUT2D eigenvalue weighted by atomic mass is 10.4. The van der Waals surface area contributed by atoms with Crippen LogP contribution in [0.4, 0.5) is 0 Å². The van der Waals surface area contributed by atoms with Crippen molar-refractivity contribution in [2.75, 3.05) is 13.7 Å². The van der Waals surface area contributed by atoms with Gasteiger partial charge in [0.15, 0.2) is 0 Å². The molecule has 13 heavy (non-hydrogen) atoms. The molecule has 1 rings (SSSR count). The highest BCUT2D eigenvalue weighted by Crippen LogP contribution is 2.04. The largest absolute Gasteiger partial charge is 0.407 e. The Morgan fingerprint density at radius 1 is 1.54 bits per heavy atom. The van der Waals surface area contributed by atoms with Crippen molar-refractivity contribution in [3.63, 3.8) is 0 Å². The van der Waals surface area contributed by atoms with Crippen molar-refractivity contribution in [1.82, 2.24) is 4.98 Å². The fourth-order valence-electron chi connectivity index (χ4n) is 0.761. The van der Waals surface area contributed by atoms with Gasteiger partial charge in [0.05, 0.1) is 13.0 Å². The van der Waals surface area contributed by atoms with Gasteiger partial charge in [-0.2, -0.15) is 0 Å². The molecule has 0 bridgehead atoms. The van der Waals surface area contributed by atoms with Gasteiger partial charge in [-0.1, -0.05) is 6.07 Å². The molecule has 0 saturated heterocycles. The molecular formula is C9H11NO3. The number of hydrogen-bond acceptors (Lipinski definition) is 4. The van der Waals surface area contributed by atoms with E-state index in [1.807, 2.05) is 0 Å². The lowest BCUT2D eigenvalue weighted by Gasteiger charge is -2.01. The smallest absolute Gasteiger partial charge is 0.314 e. The Balaban J connectivity index is 2.37. The number of hydrogen-bond donors (Lipinski definition) is 0. The molecule has 1 aromatic heterocycles. The average Bonchev–Trinajstić information content (AvgIpc) is 2.16. The zero-order chi connectivity index (χ0) is 9.52. The highest BCUT2D eigenvalue weighted by Gasteiger charge is 2.03. The zero-order valence-corrected chi connectivity index (χ0v) is 7.40. The number of pyridine rings is 1. The first kappa shape index (κ1) is 9.67. The summed E-state index contributed by atoms with van der Waals surface area (Å²) >= 11 is 0. The number of nitrogens with zero attached hydrogens (tertiary/aromatic N) is 1. The molecule has 0 aliphatic heterocycles. The quantitative estimate of drug-likeness (QED) is 0.651. The number of methoxy groups -OCH3 is 1. The van der Waals surface area contributed by atoms with Gasteiger partial charge in [0, 0.05) is 19.4 Å². The molecule has 4 nitrogen and oxygen atoms in total. The van der Waals surface area contributed by atoms with Crippen LogP contribution in [0.15, 0.2) is 24.4 Å². The van der Waals surface area contributed by atoms with E-state index in [2.05, 4.69) is 4.98 Å².